The zero-order chi connectivity index (χ0) is 20.5. The molecule has 1 saturated heterocycles. The Morgan fingerprint density at radius 3 is 2.62 bits per heavy atom. The predicted octanol–water partition coefficient (Wildman–Crippen LogP) is 2.81. The van der Waals surface area contributed by atoms with E-state index in [-0.39, 0.29) is 23.7 Å². The van der Waals surface area contributed by atoms with E-state index >= 15 is 0 Å². The molecule has 1 aromatic heterocycles. The fourth-order valence-corrected chi connectivity index (χ4v) is 4.24. The number of hydrogen-bond donors (Lipinski definition) is 0. The number of fused-ring (bicyclic) bond motifs is 1. The molecule has 1 fully saturated rings. The van der Waals surface area contributed by atoms with Crippen molar-refractivity contribution in [3.8, 4) is 0 Å². The highest BCUT2D eigenvalue weighted by atomic mass is 16.2. The molecule has 6 nitrogen and oxygen atoms in total. The number of hydrogen-bond acceptors (Lipinski definition) is 4. The Bertz CT molecular complexity index is 925. The molecule has 152 valence electrons. The number of likely N-dealkylation sites (tertiary alicyclic amines) is 1. The van der Waals surface area contributed by atoms with Gasteiger partial charge in [0.1, 0.15) is 5.82 Å². The van der Waals surface area contributed by atoms with E-state index in [1.54, 1.807) is 6.92 Å². The van der Waals surface area contributed by atoms with Gasteiger partial charge in [0.05, 0.1) is 11.6 Å². The number of benzene rings is 1. The average Bonchev–Trinajstić information content (AvgIpc) is 3.22. The minimum absolute atomic E-state index is 0.0902. The zero-order valence-corrected chi connectivity index (χ0v) is 17.4. The van der Waals surface area contributed by atoms with Crippen LogP contribution in [0.25, 0.3) is 0 Å². The standard InChI is InChI=1S/C23H28N4O2/c1-15-4-6-18(7-5-15)16(2)23(29)27-10-8-19(13-27)22-24-12-20-14-26(17(3)28)11-9-21(20)25-22/h4-7,12,16,19H,8-11,13-14H2,1-3H3/t16-,19+/m0/s1. The van der Waals surface area contributed by atoms with Crippen LogP contribution >= 0.6 is 0 Å². The lowest BCUT2D eigenvalue weighted by Crippen LogP contribution is -2.35. The summed E-state index contributed by atoms with van der Waals surface area (Å²) in [6.45, 7) is 8.36. The summed E-state index contributed by atoms with van der Waals surface area (Å²) in [4.78, 5) is 37.8. The average molecular weight is 393 g/mol. The summed E-state index contributed by atoms with van der Waals surface area (Å²) in [6, 6.07) is 8.20. The first-order valence-electron chi connectivity index (χ1n) is 10.4. The van der Waals surface area contributed by atoms with E-state index in [1.807, 2.05) is 35.1 Å². The number of nitrogens with zero attached hydrogens (tertiary/aromatic N) is 4. The Labute approximate surface area is 172 Å². The van der Waals surface area contributed by atoms with Gasteiger partial charge in [0.25, 0.3) is 0 Å². The maximum absolute atomic E-state index is 13.0. The number of amides is 2. The van der Waals surface area contributed by atoms with Gasteiger partial charge in [-0.25, -0.2) is 9.97 Å². The fraction of sp³-hybridized carbons (Fsp3) is 0.478. The molecular weight excluding hydrogens is 364 g/mol. The molecule has 0 saturated carbocycles. The van der Waals surface area contributed by atoms with Gasteiger partial charge in [0.15, 0.2) is 0 Å². The van der Waals surface area contributed by atoms with Crippen LogP contribution in [0.1, 0.15) is 60.3 Å². The van der Waals surface area contributed by atoms with E-state index in [2.05, 4.69) is 24.0 Å². The second-order valence-corrected chi connectivity index (χ2v) is 8.29. The molecular formula is C23H28N4O2. The molecule has 6 heteroatoms. The first kappa shape index (κ1) is 19.6. The largest absolute Gasteiger partial charge is 0.341 e. The van der Waals surface area contributed by atoms with Gasteiger partial charge in [0.2, 0.25) is 11.8 Å². The van der Waals surface area contributed by atoms with Gasteiger partial charge in [-0.3, -0.25) is 9.59 Å². The number of aryl methyl sites for hydroxylation is 1. The molecule has 0 radical (unpaired) electrons. The summed E-state index contributed by atoms with van der Waals surface area (Å²) in [6.07, 6.45) is 3.53. The van der Waals surface area contributed by atoms with Crippen LogP contribution in [0.15, 0.2) is 30.5 Å². The van der Waals surface area contributed by atoms with Crippen molar-refractivity contribution < 1.29 is 9.59 Å². The van der Waals surface area contributed by atoms with Crippen molar-refractivity contribution in [2.75, 3.05) is 19.6 Å². The first-order valence-corrected chi connectivity index (χ1v) is 10.4. The third-order valence-corrected chi connectivity index (χ3v) is 6.21. The van der Waals surface area contributed by atoms with Crippen LogP contribution in [-0.4, -0.2) is 51.2 Å². The van der Waals surface area contributed by atoms with Crippen LogP contribution < -0.4 is 0 Å². The topological polar surface area (TPSA) is 66.4 Å². The summed E-state index contributed by atoms with van der Waals surface area (Å²) in [5.41, 5.74) is 4.34. The van der Waals surface area contributed by atoms with Gasteiger partial charge in [-0.05, 0) is 25.8 Å². The summed E-state index contributed by atoms with van der Waals surface area (Å²) in [7, 11) is 0. The van der Waals surface area contributed by atoms with E-state index in [1.165, 1.54) is 5.56 Å². The van der Waals surface area contributed by atoms with Crippen LogP contribution in [0.4, 0.5) is 0 Å². The lowest BCUT2D eigenvalue weighted by molar-refractivity contribution is -0.131. The van der Waals surface area contributed by atoms with Crippen molar-refractivity contribution >= 4 is 11.8 Å². The number of rotatable bonds is 3. The molecule has 0 unspecified atom stereocenters. The Morgan fingerprint density at radius 2 is 1.90 bits per heavy atom. The number of aromatic nitrogens is 2. The summed E-state index contributed by atoms with van der Waals surface area (Å²) >= 11 is 0. The molecule has 2 amide bonds. The van der Waals surface area contributed by atoms with Gasteiger partial charge in [0, 0.05) is 57.2 Å². The second kappa shape index (κ2) is 7.93. The number of carbonyl (C=O) groups is 2. The van der Waals surface area contributed by atoms with Crippen LogP contribution in [0.2, 0.25) is 0 Å². The summed E-state index contributed by atoms with van der Waals surface area (Å²) in [5.74, 6) is 1.13. The van der Waals surface area contributed by atoms with Crippen molar-refractivity contribution in [1.82, 2.24) is 19.8 Å². The van der Waals surface area contributed by atoms with E-state index < -0.39 is 0 Å². The molecule has 2 aliphatic rings. The molecule has 3 heterocycles. The monoisotopic (exact) mass is 392 g/mol. The minimum Gasteiger partial charge on any atom is -0.341 e. The van der Waals surface area contributed by atoms with Gasteiger partial charge < -0.3 is 9.80 Å². The molecule has 2 atom stereocenters. The van der Waals surface area contributed by atoms with E-state index in [0.717, 1.165) is 42.0 Å². The molecule has 0 spiro atoms. The third kappa shape index (κ3) is 4.02. The SMILES string of the molecule is CC(=O)N1CCc2nc([C@@H]3CCN(C(=O)[C@@H](C)c4ccc(C)cc4)C3)ncc2C1. The van der Waals surface area contributed by atoms with Crippen LogP contribution in [0.5, 0.6) is 0 Å². The maximum Gasteiger partial charge on any atom is 0.229 e. The zero-order valence-electron chi connectivity index (χ0n) is 17.4. The lowest BCUT2D eigenvalue weighted by atomic mass is 9.98. The van der Waals surface area contributed by atoms with Crippen molar-refractivity contribution in [3.63, 3.8) is 0 Å². The van der Waals surface area contributed by atoms with Gasteiger partial charge in [-0.1, -0.05) is 29.8 Å². The smallest absolute Gasteiger partial charge is 0.229 e. The van der Waals surface area contributed by atoms with Gasteiger partial charge >= 0.3 is 0 Å². The predicted molar refractivity (Wildman–Crippen MR) is 110 cm³/mol. The van der Waals surface area contributed by atoms with Crippen LogP contribution in [0, 0.1) is 6.92 Å². The van der Waals surface area contributed by atoms with Crippen molar-refractivity contribution in [2.24, 2.45) is 0 Å². The quantitative estimate of drug-likeness (QED) is 0.806. The molecule has 1 aromatic carbocycles. The maximum atomic E-state index is 13.0. The highest BCUT2D eigenvalue weighted by Crippen LogP contribution is 2.29. The summed E-state index contributed by atoms with van der Waals surface area (Å²) in [5, 5.41) is 0. The Hall–Kier alpha value is -2.76. The third-order valence-electron chi connectivity index (χ3n) is 6.21. The fourth-order valence-electron chi connectivity index (χ4n) is 4.24. The molecule has 4 rings (SSSR count). The molecule has 29 heavy (non-hydrogen) atoms. The molecule has 2 aliphatic heterocycles. The van der Waals surface area contributed by atoms with E-state index in [4.69, 9.17) is 4.98 Å². The Kier molecular flexibility index (Phi) is 5.35. The van der Waals surface area contributed by atoms with Crippen molar-refractivity contribution in [1.29, 1.82) is 0 Å². The minimum atomic E-state index is -0.142. The molecule has 2 aromatic rings. The van der Waals surface area contributed by atoms with E-state index in [0.29, 0.717) is 19.6 Å². The summed E-state index contributed by atoms with van der Waals surface area (Å²) < 4.78 is 0. The normalized spacial score (nSPS) is 19.8. The number of carbonyl (C=O) groups excluding carboxylic acids is 2. The van der Waals surface area contributed by atoms with Crippen LogP contribution in [0.3, 0.4) is 0 Å². The second-order valence-electron chi connectivity index (χ2n) is 8.29. The molecule has 0 bridgehead atoms. The molecule has 0 N–H and O–H groups in total. The van der Waals surface area contributed by atoms with Crippen LogP contribution in [-0.2, 0) is 22.6 Å². The van der Waals surface area contributed by atoms with E-state index in [9.17, 15) is 9.59 Å². The van der Waals surface area contributed by atoms with Gasteiger partial charge in [-0.2, -0.15) is 0 Å². The van der Waals surface area contributed by atoms with Gasteiger partial charge in [-0.15, -0.1) is 0 Å². The lowest BCUT2D eigenvalue weighted by Gasteiger charge is -2.27. The first-order chi connectivity index (χ1) is 13.9. The molecule has 0 aliphatic carbocycles. The highest BCUT2D eigenvalue weighted by Gasteiger charge is 2.32. The Morgan fingerprint density at radius 1 is 1.14 bits per heavy atom. The van der Waals surface area contributed by atoms with Crippen molar-refractivity contribution in [2.45, 2.75) is 52.0 Å². The highest BCUT2D eigenvalue weighted by molar-refractivity contribution is 5.83. The Balaban J connectivity index is 1.43. The van der Waals surface area contributed by atoms with Crippen molar-refractivity contribution in [3.05, 3.63) is 58.7 Å².